The Bertz CT molecular complexity index is 392. The summed E-state index contributed by atoms with van der Waals surface area (Å²) in [5.74, 6) is 0.924. The van der Waals surface area contributed by atoms with Crippen molar-refractivity contribution in [3.8, 4) is 0 Å². The van der Waals surface area contributed by atoms with E-state index in [1.165, 1.54) is 37.2 Å². The molecule has 1 aromatic carbocycles. The molecule has 1 aromatic rings. The van der Waals surface area contributed by atoms with Crippen molar-refractivity contribution in [2.45, 2.75) is 34.2 Å². The molecule has 1 atom stereocenters. The first-order valence-electron chi connectivity index (χ1n) is 6.78. The molecule has 1 unspecified atom stereocenters. The number of benzene rings is 1. The second-order valence-corrected chi connectivity index (χ2v) is 8.34. The van der Waals surface area contributed by atoms with Gasteiger partial charge in [-0.25, -0.2) is 0 Å². The molecule has 0 N–H and O–H groups in total. The number of alkyl halides is 1. The standard InChI is InChI=1S/C15H20BrNS/c1-17(9-11-6-13(16)7-11)10-14-8-12-4-2-3-5-15(12)18-14/h2-5,11,13-14H,6-10H2,1H3. The summed E-state index contributed by atoms with van der Waals surface area (Å²) in [5, 5.41) is 0.757. The van der Waals surface area contributed by atoms with E-state index in [0.29, 0.717) is 0 Å². The normalized spacial score (nSPS) is 30.3. The van der Waals surface area contributed by atoms with E-state index in [0.717, 1.165) is 16.0 Å². The van der Waals surface area contributed by atoms with Crippen LogP contribution in [0, 0.1) is 5.92 Å². The highest BCUT2D eigenvalue weighted by Gasteiger charge is 2.29. The lowest BCUT2D eigenvalue weighted by molar-refractivity contribution is 0.214. The van der Waals surface area contributed by atoms with E-state index in [-0.39, 0.29) is 0 Å². The minimum absolute atomic E-state index is 0.757. The van der Waals surface area contributed by atoms with Gasteiger partial charge in [0.15, 0.2) is 0 Å². The molecule has 18 heavy (non-hydrogen) atoms. The number of nitrogens with zero attached hydrogens (tertiary/aromatic N) is 1. The summed E-state index contributed by atoms with van der Waals surface area (Å²) in [6, 6.07) is 8.86. The summed E-state index contributed by atoms with van der Waals surface area (Å²) in [7, 11) is 2.28. The molecule has 3 heteroatoms. The van der Waals surface area contributed by atoms with Gasteiger partial charge in [-0.05, 0) is 43.9 Å². The number of rotatable bonds is 4. The Labute approximate surface area is 122 Å². The molecule has 0 radical (unpaired) electrons. The molecule has 1 fully saturated rings. The van der Waals surface area contributed by atoms with Crippen LogP contribution >= 0.6 is 27.7 Å². The third kappa shape index (κ3) is 2.94. The summed E-state index contributed by atoms with van der Waals surface area (Å²) in [6.07, 6.45) is 3.97. The average molecular weight is 326 g/mol. The number of fused-ring (bicyclic) bond motifs is 1. The first kappa shape index (κ1) is 13.0. The highest BCUT2D eigenvalue weighted by atomic mass is 79.9. The number of hydrogen-bond acceptors (Lipinski definition) is 2. The molecule has 0 saturated heterocycles. The SMILES string of the molecule is CN(CC1CC(Br)C1)CC1Cc2ccccc2S1. The van der Waals surface area contributed by atoms with Crippen LogP contribution in [0.25, 0.3) is 0 Å². The summed E-state index contributed by atoms with van der Waals surface area (Å²) >= 11 is 5.74. The van der Waals surface area contributed by atoms with Crippen LogP contribution in [0.2, 0.25) is 0 Å². The zero-order chi connectivity index (χ0) is 12.5. The molecule has 98 valence electrons. The van der Waals surface area contributed by atoms with E-state index in [1.54, 1.807) is 5.56 Å². The Kier molecular flexibility index (Phi) is 4.02. The second kappa shape index (κ2) is 5.56. The Morgan fingerprint density at radius 3 is 2.78 bits per heavy atom. The van der Waals surface area contributed by atoms with Crippen LogP contribution in [0.15, 0.2) is 29.2 Å². The Morgan fingerprint density at radius 1 is 1.28 bits per heavy atom. The fraction of sp³-hybridized carbons (Fsp3) is 0.600. The molecule has 1 aliphatic heterocycles. The van der Waals surface area contributed by atoms with Crippen LogP contribution in [0.1, 0.15) is 18.4 Å². The highest BCUT2D eigenvalue weighted by Crippen LogP contribution is 2.38. The Balaban J connectivity index is 1.47. The van der Waals surface area contributed by atoms with E-state index in [9.17, 15) is 0 Å². The van der Waals surface area contributed by atoms with E-state index in [4.69, 9.17) is 0 Å². The van der Waals surface area contributed by atoms with E-state index >= 15 is 0 Å². The molecule has 3 rings (SSSR count). The number of hydrogen-bond donors (Lipinski definition) is 0. The number of halogens is 1. The van der Waals surface area contributed by atoms with Gasteiger partial charge in [0.05, 0.1) is 0 Å². The van der Waals surface area contributed by atoms with Crippen molar-refractivity contribution in [1.29, 1.82) is 0 Å². The molecule has 0 spiro atoms. The van der Waals surface area contributed by atoms with Crippen molar-refractivity contribution < 1.29 is 0 Å². The molecule has 0 aromatic heterocycles. The van der Waals surface area contributed by atoms with Crippen molar-refractivity contribution in [2.75, 3.05) is 20.1 Å². The number of thioether (sulfide) groups is 1. The lowest BCUT2D eigenvalue weighted by atomic mass is 9.85. The third-order valence-electron chi connectivity index (χ3n) is 3.98. The average Bonchev–Trinajstić information content (AvgIpc) is 2.68. The van der Waals surface area contributed by atoms with Gasteiger partial charge in [0.25, 0.3) is 0 Å². The van der Waals surface area contributed by atoms with E-state index < -0.39 is 0 Å². The van der Waals surface area contributed by atoms with Gasteiger partial charge in [-0.3, -0.25) is 0 Å². The van der Waals surface area contributed by atoms with Crippen molar-refractivity contribution >= 4 is 27.7 Å². The van der Waals surface area contributed by atoms with Crippen molar-refractivity contribution in [3.63, 3.8) is 0 Å². The maximum absolute atomic E-state index is 3.68. The van der Waals surface area contributed by atoms with Gasteiger partial charge in [-0.1, -0.05) is 34.1 Å². The molecular weight excluding hydrogens is 306 g/mol. The summed E-state index contributed by atoms with van der Waals surface area (Å²) in [4.78, 5) is 4.83. The van der Waals surface area contributed by atoms with Crippen LogP contribution in [-0.2, 0) is 6.42 Å². The van der Waals surface area contributed by atoms with Crippen LogP contribution in [0.4, 0.5) is 0 Å². The summed E-state index contributed by atoms with van der Waals surface area (Å²) in [6.45, 7) is 2.50. The van der Waals surface area contributed by atoms with Gasteiger partial charge in [-0.15, -0.1) is 11.8 Å². The minimum atomic E-state index is 0.757. The predicted molar refractivity (Wildman–Crippen MR) is 82.7 cm³/mol. The lowest BCUT2D eigenvalue weighted by Gasteiger charge is -2.35. The van der Waals surface area contributed by atoms with Crippen LogP contribution in [-0.4, -0.2) is 35.1 Å². The topological polar surface area (TPSA) is 3.24 Å². The molecule has 1 saturated carbocycles. The van der Waals surface area contributed by atoms with Gasteiger partial charge in [0, 0.05) is 28.1 Å². The molecule has 2 aliphatic rings. The van der Waals surface area contributed by atoms with Crippen molar-refractivity contribution in [3.05, 3.63) is 29.8 Å². The van der Waals surface area contributed by atoms with Gasteiger partial charge in [0.2, 0.25) is 0 Å². The maximum atomic E-state index is 3.68. The van der Waals surface area contributed by atoms with Gasteiger partial charge >= 0.3 is 0 Å². The fourth-order valence-corrected chi connectivity index (χ4v) is 5.49. The zero-order valence-electron chi connectivity index (χ0n) is 10.8. The minimum Gasteiger partial charge on any atom is -0.305 e. The quantitative estimate of drug-likeness (QED) is 0.774. The first-order chi connectivity index (χ1) is 8.70. The summed E-state index contributed by atoms with van der Waals surface area (Å²) in [5.41, 5.74) is 1.55. The zero-order valence-corrected chi connectivity index (χ0v) is 13.2. The molecule has 1 nitrogen and oxygen atoms in total. The highest BCUT2D eigenvalue weighted by molar-refractivity contribution is 9.09. The van der Waals surface area contributed by atoms with Gasteiger partial charge < -0.3 is 4.90 Å². The third-order valence-corrected chi connectivity index (χ3v) is 6.03. The maximum Gasteiger partial charge on any atom is 0.0263 e. The largest absolute Gasteiger partial charge is 0.305 e. The monoisotopic (exact) mass is 325 g/mol. The lowest BCUT2D eigenvalue weighted by Crippen LogP contribution is -2.37. The van der Waals surface area contributed by atoms with E-state index in [1.807, 2.05) is 0 Å². The van der Waals surface area contributed by atoms with Crippen molar-refractivity contribution in [2.24, 2.45) is 5.92 Å². The van der Waals surface area contributed by atoms with Gasteiger partial charge in [0.1, 0.15) is 0 Å². The Morgan fingerprint density at radius 2 is 2.06 bits per heavy atom. The first-order valence-corrected chi connectivity index (χ1v) is 8.57. The van der Waals surface area contributed by atoms with Crippen LogP contribution in [0.5, 0.6) is 0 Å². The predicted octanol–water partition coefficient (Wildman–Crippen LogP) is 3.81. The molecular formula is C15H20BrNS. The van der Waals surface area contributed by atoms with Crippen LogP contribution in [0.3, 0.4) is 0 Å². The fourth-order valence-electron chi connectivity index (χ4n) is 3.02. The van der Waals surface area contributed by atoms with E-state index in [2.05, 4.69) is 63.9 Å². The van der Waals surface area contributed by atoms with Gasteiger partial charge in [-0.2, -0.15) is 0 Å². The smallest absolute Gasteiger partial charge is 0.0263 e. The molecule has 0 amide bonds. The van der Waals surface area contributed by atoms with Crippen LogP contribution < -0.4 is 0 Å². The summed E-state index contributed by atoms with van der Waals surface area (Å²) < 4.78 is 0. The molecule has 1 heterocycles. The Hall–Kier alpha value is 0.01000. The van der Waals surface area contributed by atoms with Crippen molar-refractivity contribution in [1.82, 2.24) is 4.90 Å². The second-order valence-electron chi connectivity index (χ2n) is 5.71. The molecule has 0 bridgehead atoms. The molecule has 1 aliphatic carbocycles.